The zero-order valence-corrected chi connectivity index (χ0v) is 16.9. The fourth-order valence-electron chi connectivity index (χ4n) is 3.96. The van der Waals surface area contributed by atoms with E-state index in [9.17, 15) is 9.90 Å². The minimum atomic E-state index is -1.04. The standard InChI is InChI=1S/C21H29N3O4/c1-14-17(15(2)28-23-14)12-24-11-10-21(3,26)20(22-18(25)13-27-4)19(24)16-8-6-5-7-9-16/h5-9,19-20,26H,10-13H2,1-4H3,(H,22,25). The van der Waals surface area contributed by atoms with Crippen molar-refractivity contribution in [3.8, 4) is 0 Å². The molecule has 1 fully saturated rings. The molecule has 0 saturated carbocycles. The lowest BCUT2D eigenvalue weighted by atomic mass is 9.79. The molecule has 1 amide bonds. The Bertz CT molecular complexity index is 784. The van der Waals surface area contributed by atoms with Gasteiger partial charge in [0.05, 0.1) is 23.4 Å². The molecule has 1 aliphatic rings. The molecule has 0 bridgehead atoms. The second-order valence-corrected chi connectivity index (χ2v) is 7.71. The van der Waals surface area contributed by atoms with E-state index in [1.807, 2.05) is 44.2 Å². The molecule has 1 aromatic heterocycles. The zero-order chi connectivity index (χ0) is 20.3. The van der Waals surface area contributed by atoms with Gasteiger partial charge in [0, 0.05) is 25.8 Å². The van der Waals surface area contributed by atoms with Crippen molar-refractivity contribution < 1.29 is 19.2 Å². The number of hydrogen-bond acceptors (Lipinski definition) is 6. The maximum Gasteiger partial charge on any atom is 0.246 e. The van der Waals surface area contributed by atoms with E-state index in [0.717, 1.165) is 22.6 Å². The SMILES string of the molecule is COCC(=O)NC1C(c2ccccc2)N(Cc2c(C)noc2C)CCC1(C)O. The van der Waals surface area contributed by atoms with Crippen LogP contribution in [0, 0.1) is 13.8 Å². The highest BCUT2D eigenvalue weighted by molar-refractivity contribution is 5.77. The van der Waals surface area contributed by atoms with Crippen LogP contribution in [-0.4, -0.2) is 53.0 Å². The number of carbonyl (C=O) groups excluding carboxylic acids is 1. The van der Waals surface area contributed by atoms with Gasteiger partial charge in [-0.25, -0.2) is 0 Å². The lowest BCUT2D eigenvalue weighted by Gasteiger charge is -2.49. The number of likely N-dealkylation sites (tertiary alicyclic amines) is 1. The van der Waals surface area contributed by atoms with E-state index in [1.54, 1.807) is 6.92 Å². The summed E-state index contributed by atoms with van der Waals surface area (Å²) < 4.78 is 10.3. The molecule has 2 aromatic rings. The molecule has 7 heteroatoms. The Morgan fingerprint density at radius 2 is 2.11 bits per heavy atom. The molecular formula is C21H29N3O4. The van der Waals surface area contributed by atoms with E-state index in [2.05, 4.69) is 15.4 Å². The Hall–Kier alpha value is -2.22. The molecule has 7 nitrogen and oxygen atoms in total. The molecule has 2 N–H and O–H groups in total. The number of amides is 1. The van der Waals surface area contributed by atoms with Crippen LogP contribution in [0.1, 0.15) is 42.0 Å². The number of benzene rings is 1. The first-order chi connectivity index (χ1) is 13.3. The number of piperidine rings is 1. The van der Waals surface area contributed by atoms with Crippen molar-refractivity contribution in [1.29, 1.82) is 0 Å². The number of hydrogen-bond donors (Lipinski definition) is 2. The van der Waals surface area contributed by atoms with E-state index < -0.39 is 11.6 Å². The Kier molecular flexibility index (Phi) is 6.17. The van der Waals surface area contributed by atoms with Gasteiger partial charge in [0.1, 0.15) is 12.4 Å². The van der Waals surface area contributed by atoms with Crippen molar-refractivity contribution in [3.63, 3.8) is 0 Å². The van der Waals surface area contributed by atoms with Gasteiger partial charge >= 0.3 is 0 Å². The highest BCUT2D eigenvalue weighted by Gasteiger charge is 2.46. The number of methoxy groups -OCH3 is 1. The van der Waals surface area contributed by atoms with Crippen molar-refractivity contribution in [2.75, 3.05) is 20.3 Å². The smallest absolute Gasteiger partial charge is 0.246 e. The highest BCUT2D eigenvalue weighted by Crippen LogP contribution is 2.38. The molecule has 152 valence electrons. The van der Waals surface area contributed by atoms with Crippen LogP contribution >= 0.6 is 0 Å². The normalized spacial score (nSPS) is 25.6. The van der Waals surface area contributed by atoms with E-state index >= 15 is 0 Å². The van der Waals surface area contributed by atoms with Crippen molar-refractivity contribution in [1.82, 2.24) is 15.4 Å². The summed E-state index contributed by atoms with van der Waals surface area (Å²) >= 11 is 0. The van der Waals surface area contributed by atoms with E-state index in [4.69, 9.17) is 9.26 Å². The number of nitrogens with one attached hydrogen (secondary N) is 1. The van der Waals surface area contributed by atoms with Gasteiger partial charge in [-0.15, -0.1) is 0 Å². The summed E-state index contributed by atoms with van der Waals surface area (Å²) in [6.45, 7) is 6.90. The van der Waals surface area contributed by atoms with Crippen molar-refractivity contribution >= 4 is 5.91 Å². The summed E-state index contributed by atoms with van der Waals surface area (Å²) in [6, 6.07) is 9.29. The van der Waals surface area contributed by atoms with Gasteiger partial charge < -0.3 is 19.7 Å². The van der Waals surface area contributed by atoms with E-state index in [0.29, 0.717) is 19.5 Å². The maximum atomic E-state index is 12.3. The molecule has 0 radical (unpaired) electrons. The van der Waals surface area contributed by atoms with Crippen LogP contribution in [0.25, 0.3) is 0 Å². The summed E-state index contributed by atoms with van der Waals surface area (Å²) in [5.41, 5.74) is 1.90. The predicted molar refractivity (Wildman–Crippen MR) is 105 cm³/mol. The first-order valence-corrected chi connectivity index (χ1v) is 9.55. The third-order valence-electron chi connectivity index (χ3n) is 5.56. The summed E-state index contributed by atoms with van der Waals surface area (Å²) in [4.78, 5) is 14.6. The van der Waals surface area contributed by atoms with Gasteiger partial charge in [-0.05, 0) is 32.8 Å². The number of carbonyl (C=O) groups is 1. The molecule has 3 rings (SSSR count). The molecule has 1 saturated heterocycles. The molecule has 28 heavy (non-hydrogen) atoms. The van der Waals surface area contributed by atoms with Gasteiger partial charge in [0.15, 0.2) is 0 Å². The first-order valence-electron chi connectivity index (χ1n) is 9.55. The Morgan fingerprint density at radius 1 is 1.39 bits per heavy atom. The summed E-state index contributed by atoms with van der Waals surface area (Å²) in [5, 5.41) is 18.2. The number of aliphatic hydroxyl groups is 1. The highest BCUT2D eigenvalue weighted by atomic mass is 16.5. The largest absolute Gasteiger partial charge is 0.388 e. The quantitative estimate of drug-likeness (QED) is 0.789. The van der Waals surface area contributed by atoms with Gasteiger partial charge in [-0.2, -0.15) is 0 Å². The third-order valence-corrected chi connectivity index (χ3v) is 5.56. The Balaban J connectivity index is 1.97. The van der Waals surface area contributed by atoms with Gasteiger partial charge in [0.25, 0.3) is 0 Å². The first kappa shape index (κ1) is 20.5. The summed E-state index contributed by atoms with van der Waals surface area (Å²) in [7, 11) is 1.48. The minimum Gasteiger partial charge on any atom is -0.388 e. The molecule has 0 spiro atoms. The van der Waals surface area contributed by atoms with Crippen molar-refractivity contribution in [2.24, 2.45) is 0 Å². The summed E-state index contributed by atoms with van der Waals surface area (Å²) in [6.07, 6.45) is 0.539. The fraction of sp³-hybridized carbons (Fsp3) is 0.524. The molecule has 0 aliphatic carbocycles. The van der Waals surface area contributed by atoms with Crippen molar-refractivity contribution in [3.05, 3.63) is 52.9 Å². The number of ether oxygens (including phenoxy) is 1. The minimum absolute atomic E-state index is 0.0437. The Morgan fingerprint density at radius 3 is 2.71 bits per heavy atom. The predicted octanol–water partition coefficient (Wildman–Crippen LogP) is 2.12. The molecule has 3 unspecified atom stereocenters. The van der Waals surface area contributed by atoms with Crippen molar-refractivity contribution in [2.45, 2.75) is 51.4 Å². The number of aromatic nitrogens is 1. The molecular weight excluding hydrogens is 358 g/mol. The zero-order valence-electron chi connectivity index (χ0n) is 16.9. The van der Waals surface area contributed by atoms with Gasteiger partial charge in [0.2, 0.25) is 5.91 Å². The van der Waals surface area contributed by atoms with E-state index in [-0.39, 0.29) is 18.6 Å². The number of rotatable bonds is 6. The van der Waals surface area contributed by atoms with Crippen LogP contribution in [0.4, 0.5) is 0 Å². The molecule has 1 aromatic carbocycles. The topological polar surface area (TPSA) is 87.8 Å². The third kappa shape index (κ3) is 4.27. The second-order valence-electron chi connectivity index (χ2n) is 7.71. The maximum absolute atomic E-state index is 12.3. The van der Waals surface area contributed by atoms with Crippen LogP contribution in [-0.2, 0) is 16.1 Å². The van der Waals surface area contributed by atoms with Crippen LogP contribution in [0.2, 0.25) is 0 Å². The van der Waals surface area contributed by atoms with Gasteiger partial charge in [-0.1, -0.05) is 35.5 Å². The van der Waals surface area contributed by atoms with Crippen LogP contribution < -0.4 is 5.32 Å². The molecule has 3 atom stereocenters. The van der Waals surface area contributed by atoms with Crippen LogP contribution in [0.15, 0.2) is 34.9 Å². The van der Waals surface area contributed by atoms with Gasteiger partial charge in [-0.3, -0.25) is 9.69 Å². The second kappa shape index (κ2) is 8.43. The fourth-order valence-corrected chi connectivity index (χ4v) is 3.96. The monoisotopic (exact) mass is 387 g/mol. The van der Waals surface area contributed by atoms with Crippen LogP contribution in [0.3, 0.4) is 0 Å². The number of nitrogens with zero attached hydrogens (tertiary/aromatic N) is 2. The molecule has 1 aliphatic heterocycles. The Labute approximate surface area is 165 Å². The summed E-state index contributed by atoms with van der Waals surface area (Å²) in [5.74, 6) is 0.550. The average Bonchev–Trinajstić information content (AvgIpc) is 2.97. The lowest BCUT2D eigenvalue weighted by Crippen LogP contribution is -2.62. The van der Waals surface area contributed by atoms with Crippen LogP contribution in [0.5, 0.6) is 0 Å². The number of aryl methyl sites for hydroxylation is 2. The lowest BCUT2D eigenvalue weighted by molar-refractivity contribution is -0.132. The average molecular weight is 387 g/mol. The molecule has 2 heterocycles. The van der Waals surface area contributed by atoms with E-state index in [1.165, 1.54) is 7.11 Å².